The quantitative estimate of drug-likeness (QED) is 0.310. The lowest BCUT2D eigenvalue weighted by molar-refractivity contribution is -0.133. The number of nitrogens with zero attached hydrogens (tertiary/aromatic N) is 4. The molecule has 1 N–H and O–H groups in total. The van der Waals surface area contributed by atoms with Crippen molar-refractivity contribution in [2.24, 2.45) is 0 Å². The molecule has 1 saturated heterocycles. The lowest BCUT2D eigenvalue weighted by atomic mass is 10.1. The molecule has 42 heavy (non-hydrogen) atoms. The molecule has 6 rings (SSSR count). The maximum atomic E-state index is 13.5. The van der Waals surface area contributed by atoms with Gasteiger partial charge in [0.05, 0.1) is 22.0 Å². The van der Waals surface area contributed by atoms with Crippen LogP contribution in [0.1, 0.15) is 29.1 Å². The lowest BCUT2D eigenvalue weighted by Gasteiger charge is -2.34. The number of hydrogen-bond acceptors (Lipinski definition) is 5. The number of carbonyl (C=O) groups is 2. The van der Waals surface area contributed by atoms with Crippen molar-refractivity contribution in [3.63, 3.8) is 0 Å². The van der Waals surface area contributed by atoms with E-state index in [4.69, 9.17) is 4.98 Å². The highest BCUT2D eigenvalue weighted by Gasteiger charge is 2.31. The van der Waals surface area contributed by atoms with Crippen LogP contribution in [0, 0.1) is 0 Å². The smallest absolute Gasteiger partial charge is 0.251 e. The van der Waals surface area contributed by atoms with Crippen LogP contribution in [0.4, 0.5) is 0 Å². The third-order valence-electron chi connectivity index (χ3n) is 7.70. The number of para-hydroxylation sites is 2. The van der Waals surface area contributed by atoms with Gasteiger partial charge in [-0.2, -0.15) is 4.31 Å². The fourth-order valence-electron chi connectivity index (χ4n) is 5.41. The Hall–Kier alpha value is -4.54. The van der Waals surface area contributed by atoms with Gasteiger partial charge < -0.3 is 14.8 Å². The van der Waals surface area contributed by atoms with Gasteiger partial charge in [0, 0.05) is 31.7 Å². The molecule has 1 aromatic heterocycles. The second kappa shape index (κ2) is 11.4. The van der Waals surface area contributed by atoms with Crippen LogP contribution in [-0.4, -0.2) is 65.2 Å². The Morgan fingerprint density at radius 1 is 0.833 bits per heavy atom. The lowest BCUT2D eigenvalue weighted by Crippen LogP contribution is -2.51. The SMILES string of the molecule is C[C@H](NC(=O)c1ccccc1)c1nc2ccccc2n1CC(=O)N1CCN(S(=O)(=O)c2ccc3ccccc3c2)CC1. The van der Waals surface area contributed by atoms with E-state index in [1.807, 2.05) is 72.2 Å². The number of nitrogens with one attached hydrogen (secondary N) is 1. The molecule has 214 valence electrons. The molecule has 5 aromatic rings. The fourth-order valence-corrected chi connectivity index (χ4v) is 6.87. The molecule has 1 atom stereocenters. The Morgan fingerprint density at radius 3 is 2.26 bits per heavy atom. The first kappa shape index (κ1) is 27.6. The zero-order valence-corrected chi connectivity index (χ0v) is 24.0. The first-order valence-corrected chi connectivity index (χ1v) is 15.3. The molecule has 2 amide bonds. The van der Waals surface area contributed by atoms with Crippen molar-refractivity contribution < 1.29 is 18.0 Å². The molecular weight excluding hydrogens is 550 g/mol. The summed E-state index contributed by atoms with van der Waals surface area (Å²) in [4.78, 5) is 33.0. The van der Waals surface area contributed by atoms with Crippen LogP contribution in [0.5, 0.6) is 0 Å². The van der Waals surface area contributed by atoms with Gasteiger partial charge in [0.2, 0.25) is 15.9 Å². The number of imidazole rings is 1. The Balaban J connectivity index is 1.16. The molecule has 0 saturated carbocycles. The predicted molar refractivity (Wildman–Crippen MR) is 161 cm³/mol. The number of fused-ring (bicyclic) bond motifs is 2. The van der Waals surface area contributed by atoms with Crippen LogP contribution < -0.4 is 5.32 Å². The van der Waals surface area contributed by atoms with Crippen molar-refractivity contribution in [3.05, 3.63) is 108 Å². The summed E-state index contributed by atoms with van der Waals surface area (Å²) in [5, 5.41) is 4.84. The number of sulfonamides is 1. The Morgan fingerprint density at radius 2 is 1.50 bits per heavy atom. The van der Waals surface area contributed by atoms with E-state index in [1.165, 1.54) is 4.31 Å². The summed E-state index contributed by atoms with van der Waals surface area (Å²) in [7, 11) is -3.69. The average Bonchev–Trinajstić information content (AvgIpc) is 3.39. The molecule has 0 aliphatic carbocycles. The van der Waals surface area contributed by atoms with Crippen LogP contribution in [-0.2, 0) is 21.4 Å². The zero-order valence-electron chi connectivity index (χ0n) is 23.2. The maximum absolute atomic E-state index is 13.5. The second-order valence-corrected chi connectivity index (χ2v) is 12.3. The van der Waals surface area contributed by atoms with E-state index in [-0.39, 0.29) is 49.4 Å². The zero-order chi connectivity index (χ0) is 29.3. The highest BCUT2D eigenvalue weighted by molar-refractivity contribution is 7.89. The number of rotatable bonds is 7. The van der Waals surface area contributed by atoms with Crippen molar-refractivity contribution >= 4 is 43.6 Å². The maximum Gasteiger partial charge on any atom is 0.251 e. The van der Waals surface area contributed by atoms with Crippen LogP contribution in [0.2, 0.25) is 0 Å². The molecular formula is C32H31N5O4S. The molecule has 2 heterocycles. The summed E-state index contributed by atoms with van der Waals surface area (Å²) < 4.78 is 30.1. The van der Waals surface area contributed by atoms with E-state index in [0.29, 0.717) is 11.4 Å². The number of hydrogen-bond donors (Lipinski definition) is 1. The van der Waals surface area contributed by atoms with Gasteiger partial charge in [-0.05, 0) is 54.1 Å². The van der Waals surface area contributed by atoms with Gasteiger partial charge in [-0.3, -0.25) is 9.59 Å². The van der Waals surface area contributed by atoms with Crippen molar-refractivity contribution in [2.45, 2.75) is 24.4 Å². The highest BCUT2D eigenvalue weighted by Crippen LogP contribution is 2.24. The average molecular weight is 582 g/mol. The van der Waals surface area contributed by atoms with Gasteiger partial charge in [-0.25, -0.2) is 13.4 Å². The minimum atomic E-state index is -3.69. The first-order chi connectivity index (χ1) is 20.3. The summed E-state index contributed by atoms with van der Waals surface area (Å²) >= 11 is 0. The Labute approximate surface area is 244 Å². The Kier molecular flexibility index (Phi) is 7.49. The van der Waals surface area contributed by atoms with E-state index >= 15 is 0 Å². The summed E-state index contributed by atoms with van der Waals surface area (Å²) in [6.45, 7) is 2.87. The third-order valence-corrected chi connectivity index (χ3v) is 9.59. The number of carbonyl (C=O) groups excluding carboxylic acids is 2. The van der Waals surface area contributed by atoms with E-state index in [1.54, 1.807) is 41.3 Å². The largest absolute Gasteiger partial charge is 0.342 e. The molecule has 1 fully saturated rings. The first-order valence-electron chi connectivity index (χ1n) is 13.9. The van der Waals surface area contributed by atoms with Crippen LogP contribution in [0.3, 0.4) is 0 Å². The van der Waals surface area contributed by atoms with Gasteiger partial charge >= 0.3 is 0 Å². The molecule has 0 bridgehead atoms. The van der Waals surface area contributed by atoms with Gasteiger partial charge in [-0.15, -0.1) is 0 Å². The van der Waals surface area contributed by atoms with Gasteiger partial charge in [0.1, 0.15) is 12.4 Å². The normalized spacial score (nSPS) is 15.1. The summed E-state index contributed by atoms with van der Waals surface area (Å²) in [5.74, 6) is 0.215. The molecule has 0 unspecified atom stereocenters. The van der Waals surface area contributed by atoms with E-state index < -0.39 is 16.1 Å². The van der Waals surface area contributed by atoms with Crippen molar-refractivity contribution in [1.29, 1.82) is 0 Å². The van der Waals surface area contributed by atoms with Gasteiger partial charge in [-0.1, -0.05) is 60.7 Å². The minimum Gasteiger partial charge on any atom is -0.342 e. The minimum absolute atomic E-state index is 0.0266. The van der Waals surface area contributed by atoms with E-state index in [2.05, 4.69) is 5.32 Å². The van der Waals surface area contributed by atoms with Crippen LogP contribution in [0.25, 0.3) is 21.8 Å². The van der Waals surface area contributed by atoms with Crippen molar-refractivity contribution in [3.8, 4) is 0 Å². The van der Waals surface area contributed by atoms with Crippen molar-refractivity contribution in [1.82, 2.24) is 24.1 Å². The van der Waals surface area contributed by atoms with E-state index in [9.17, 15) is 18.0 Å². The van der Waals surface area contributed by atoms with Gasteiger partial charge in [0.15, 0.2) is 0 Å². The fraction of sp³-hybridized carbons (Fsp3) is 0.219. The molecule has 1 aliphatic heterocycles. The van der Waals surface area contributed by atoms with Crippen LogP contribution in [0.15, 0.2) is 102 Å². The van der Waals surface area contributed by atoms with Crippen LogP contribution >= 0.6 is 0 Å². The predicted octanol–water partition coefficient (Wildman–Crippen LogP) is 4.21. The van der Waals surface area contributed by atoms with Crippen molar-refractivity contribution in [2.75, 3.05) is 26.2 Å². The summed E-state index contributed by atoms with van der Waals surface area (Å²) in [5.41, 5.74) is 2.06. The summed E-state index contributed by atoms with van der Waals surface area (Å²) in [6, 6.07) is 28.8. The highest BCUT2D eigenvalue weighted by atomic mass is 32.2. The molecule has 0 radical (unpaired) electrons. The molecule has 4 aromatic carbocycles. The third kappa shape index (κ3) is 5.38. The summed E-state index contributed by atoms with van der Waals surface area (Å²) in [6.07, 6.45) is 0. The number of amides is 2. The molecule has 9 nitrogen and oxygen atoms in total. The van der Waals surface area contributed by atoms with Gasteiger partial charge in [0.25, 0.3) is 5.91 Å². The number of benzene rings is 4. The standard InChI is InChI=1S/C32H31N5O4S/c1-23(33-32(39)25-10-3-2-4-11-25)31-34-28-13-7-8-14-29(28)37(31)22-30(38)35-17-19-36(20-18-35)42(40,41)27-16-15-24-9-5-6-12-26(24)21-27/h2-16,21,23H,17-20,22H2,1H3,(H,33,39)/t23-/m0/s1. The topological polar surface area (TPSA) is 105 Å². The Bertz CT molecular complexity index is 1880. The molecule has 0 spiro atoms. The molecule has 10 heteroatoms. The second-order valence-electron chi connectivity index (χ2n) is 10.4. The number of aromatic nitrogens is 2. The monoisotopic (exact) mass is 581 g/mol. The molecule has 1 aliphatic rings. The van der Waals surface area contributed by atoms with E-state index in [0.717, 1.165) is 21.8 Å². The number of piperazine rings is 1.